The molecule has 152 valence electrons. The molecule has 5 nitrogen and oxygen atoms in total. The zero-order valence-electron chi connectivity index (χ0n) is 17.2. The first-order valence-electron chi connectivity index (χ1n) is 10.5. The topological polar surface area (TPSA) is 46.1 Å². The van der Waals surface area contributed by atoms with Crippen LogP contribution in [-0.2, 0) is 15.9 Å². The molecule has 1 fully saturated rings. The smallest absolute Gasteiger partial charge is 0.193 e. The molecular formula is C22H37N3O2. The standard InChI is InChI=1S/C22H37N3O2/c1-3-23-22(25(2)15-18-27-19-21-11-12-21)24-14-7-8-16-26-17-13-20-9-5-4-6-10-20/h4-6,9-10,21H,3,7-8,11-19H2,1-2H3,(H,23,24). The number of likely N-dealkylation sites (N-methyl/N-ethyl adjacent to an activating group) is 1. The van der Waals surface area contributed by atoms with E-state index in [1.165, 1.54) is 18.4 Å². The summed E-state index contributed by atoms with van der Waals surface area (Å²) in [6, 6.07) is 10.5. The lowest BCUT2D eigenvalue weighted by Gasteiger charge is -2.22. The number of rotatable bonds is 14. The van der Waals surface area contributed by atoms with Gasteiger partial charge in [-0.05, 0) is 50.5 Å². The minimum Gasteiger partial charge on any atom is -0.381 e. The van der Waals surface area contributed by atoms with Crippen LogP contribution in [0.3, 0.4) is 0 Å². The normalized spacial score (nSPS) is 14.4. The van der Waals surface area contributed by atoms with E-state index in [-0.39, 0.29) is 0 Å². The summed E-state index contributed by atoms with van der Waals surface area (Å²) in [5.41, 5.74) is 1.33. The summed E-state index contributed by atoms with van der Waals surface area (Å²) < 4.78 is 11.5. The van der Waals surface area contributed by atoms with E-state index in [0.717, 1.165) is 77.2 Å². The maximum absolute atomic E-state index is 5.74. The first-order valence-corrected chi connectivity index (χ1v) is 10.5. The second kappa shape index (κ2) is 13.6. The summed E-state index contributed by atoms with van der Waals surface area (Å²) in [4.78, 5) is 6.88. The molecule has 1 saturated carbocycles. The van der Waals surface area contributed by atoms with E-state index in [1.54, 1.807) is 0 Å². The molecule has 0 spiro atoms. The Labute approximate surface area is 165 Å². The van der Waals surface area contributed by atoms with E-state index in [9.17, 15) is 0 Å². The molecule has 0 radical (unpaired) electrons. The van der Waals surface area contributed by atoms with Crippen LogP contribution in [0.4, 0.5) is 0 Å². The predicted molar refractivity (Wildman–Crippen MR) is 112 cm³/mol. The van der Waals surface area contributed by atoms with Gasteiger partial charge in [0, 0.05) is 39.9 Å². The van der Waals surface area contributed by atoms with Gasteiger partial charge < -0.3 is 19.7 Å². The van der Waals surface area contributed by atoms with Gasteiger partial charge in [-0.15, -0.1) is 0 Å². The van der Waals surface area contributed by atoms with E-state index in [2.05, 4.69) is 48.5 Å². The van der Waals surface area contributed by atoms with E-state index in [4.69, 9.17) is 14.5 Å². The molecule has 2 rings (SSSR count). The summed E-state index contributed by atoms with van der Waals surface area (Å²) in [7, 11) is 2.08. The summed E-state index contributed by atoms with van der Waals surface area (Å²) in [5.74, 6) is 1.80. The van der Waals surface area contributed by atoms with Crippen molar-refractivity contribution in [2.24, 2.45) is 10.9 Å². The Balaban J connectivity index is 1.51. The molecule has 0 heterocycles. The third-order valence-corrected chi connectivity index (χ3v) is 4.65. The van der Waals surface area contributed by atoms with Gasteiger partial charge in [-0.3, -0.25) is 4.99 Å². The van der Waals surface area contributed by atoms with E-state index >= 15 is 0 Å². The average molecular weight is 376 g/mol. The quantitative estimate of drug-likeness (QED) is 0.308. The fraction of sp³-hybridized carbons (Fsp3) is 0.682. The Bertz CT molecular complexity index is 518. The van der Waals surface area contributed by atoms with Crippen molar-refractivity contribution in [3.8, 4) is 0 Å². The Hall–Kier alpha value is -1.59. The number of hydrogen-bond acceptors (Lipinski definition) is 3. The highest BCUT2D eigenvalue weighted by molar-refractivity contribution is 5.79. The third-order valence-electron chi connectivity index (χ3n) is 4.65. The molecule has 1 aliphatic rings. The SMILES string of the molecule is CCNC(=NCCCCOCCc1ccccc1)N(C)CCOCC1CC1. The first-order chi connectivity index (χ1) is 13.3. The highest BCUT2D eigenvalue weighted by atomic mass is 16.5. The van der Waals surface area contributed by atoms with Gasteiger partial charge in [0.25, 0.3) is 0 Å². The van der Waals surface area contributed by atoms with E-state index in [0.29, 0.717) is 0 Å². The van der Waals surface area contributed by atoms with Gasteiger partial charge in [-0.2, -0.15) is 0 Å². The fourth-order valence-corrected chi connectivity index (χ4v) is 2.75. The minimum absolute atomic E-state index is 0.771. The molecule has 5 heteroatoms. The highest BCUT2D eigenvalue weighted by Gasteiger charge is 2.21. The lowest BCUT2D eigenvalue weighted by Crippen LogP contribution is -2.40. The number of nitrogens with one attached hydrogen (secondary N) is 1. The number of benzene rings is 1. The molecule has 0 saturated heterocycles. The van der Waals surface area contributed by atoms with Crippen LogP contribution in [0.25, 0.3) is 0 Å². The van der Waals surface area contributed by atoms with Crippen LogP contribution in [0, 0.1) is 5.92 Å². The molecule has 0 bridgehead atoms. The van der Waals surface area contributed by atoms with Gasteiger partial charge in [0.05, 0.1) is 13.2 Å². The second-order valence-electron chi connectivity index (χ2n) is 7.23. The zero-order valence-corrected chi connectivity index (χ0v) is 17.2. The predicted octanol–water partition coefficient (Wildman–Crippen LogP) is 3.35. The van der Waals surface area contributed by atoms with Crippen molar-refractivity contribution in [1.82, 2.24) is 10.2 Å². The number of hydrogen-bond donors (Lipinski definition) is 1. The van der Waals surface area contributed by atoms with E-state index < -0.39 is 0 Å². The molecule has 27 heavy (non-hydrogen) atoms. The second-order valence-corrected chi connectivity index (χ2v) is 7.23. The summed E-state index contributed by atoms with van der Waals surface area (Å²) in [5, 5.41) is 3.36. The highest BCUT2D eigenvalue weighted by Crippen LogP contribution is 2.28. The molecule has 1 aromatic rings. The Morgan fingerprint density at radius 3 is 2.67 bits per heavy atom. The number of ether oxygens (including phenoxy) is 2. The van der Waals surface area contributed by atoms with Crippen LogP contribution in [0.5, 0.6) is 0 Å². The fourth-order valence-electron chi connectivity index (χ4n) is 2.75. The van der Waals surface area contributed by atoms with Gasteiger partial charge in [0.15, 0.2) is 5.96 Å². The van der Waals surface area contributed by atoms with Gasteiger partial charge in [-0.1, -0.05) is 30.3 Å². The lowest BCUT2D eigenvalue weighted by atomic mass is 10.2. The van der Waals surface area contributed by atoms with Crippen LogP contribution in [-0.4, -0.2) is 64.0 Å². The van der Waals surface area contributed by atoms with Gasteiger partial charge in [0.1, 0.15) is 0 Å². The van der Waals surface area contributed by atoms with Crippen molar-refractivity contribution in [2.45, 2.75) is 39.0 Å². The number of aliphatic imine (C=N–C) groups is 1. The zero-order chi connectivity index (χ0) is 19.2. The minimum atomic E-state index is 0.771. The lowest BCUT2D eigenvalue weighted by molar-refractivity contribution is 0.115. The summed E-state index contributed by atoms with van der Waals surface area (Å²) >= 11 is 0. The van der Waals surface area contributed by atoms with Crippen molar-refractivity contribution in [1.29, 1.82) is 0 Å². The summed E-state index contributed by atoms with van der Waals surface area (Å²) in [6.45, 7) is 7.99. The maximum atomic E-state index is 5.74. The molecule has 0 aromatic heterocycles. The first kappa shape index (κ1) is 21.7. The van der Waals surface area contributed by atoms with Crippen LogP contribution >= 0.6 is 0 Å². The van der Waals surface area contributed by atoms with Crippen molar-refractivity contribution in [2.75, 3.05) is 53.1 Å². The molecule has 0 atom stereocenters. The van der Waals surface area contributed by atoms with Crippen LogP contribution in [0.1, 0.15) is 38.2 Å². The van der Waals surface area contributed by atoms with Gasteiger partial charge >= 0.3 is 0 Å². The van der Waals surface area contributed by atoms with Crippen molar-refractivity contribution < 1.29 is 9.47 Å². The van der Waals surface area contributed by atoms with Crippen LogP contribution < -0.4 is 5.32 Å². The molecule has 1 N–H and O–H groups in total. The number of guanidine groups is 1. The average Bonchev–Trinajstić information content (AvgIpc) is 3.51. The van der Waals surface area contributed by atoms with Gasteiger partial charge in [0.2, 0.25) is 0 Å². The molecular weight excluding hydrogens is 338 g/mol. The molecule has 1 aromatic carbocycles. The number of unbranched alkanes of at least 4 members (excludes halogenated alkanes) is 1. The molecule has 0 amide bonds. The largest absolute Gasteiger partial charge is 0.381 e. The van der Waals surface area contributed by atoms with Crippen LogP contribution in [0.15, 0.2) is 35.3 Å². The maximum Gasteiger partial charge on any atom is 0.193 e. The Kier molecular flexibility index (Phi) is 10.9. The summed E-state index contributed by atoms with van der Waals surface area (Å²) in [6.07, 6.45) is 5.77. The van der Waals surface area contributed by atoms with Crippen molar-refractivity contribution in [3.63, 3.8) is 0 Å². The number of nitrogens with zero attached hydrogens (tertiary/aromatic N) is 2. The monoisotopic (exact) mass is 375 g/mol. The van der Waals surface area contributed by atoms with Crippen molar-refractivity contribution in [3.05, 3.63) is 35.9 Å². The third kappa shape index (κ3) is 10.4. The van der Waals surface area contributed by atoms with Crippen LogP contribution in [0.2, 0.25) is 0 Å². The molecule has 0 aliphatic heterocycles. The van der Waals surface area contributed by atoms with Gasteiger partial charge in [-0.25, -0.2) is 0 Å². The van der Waals surface area contributed by atoms with Crippen molar-refractivity contribution >= 4 is 5.96 Å². The molecule has 1 aliphatic carbocycles. The Morgan fingerprint density at radius 2 is 1.93 bits per heavy atom. The molecule has 0 unspecified atom stereocenters. The Morgan fingerprint density at radius 1 is 1.11 bits per heavy atom. The van der Waals surface area contributed by atoms with E-state index in [1.807, 2.05) is 6.07 Å².